The number of amides is 1. The largest absolute Gasteiger partial charge is 0.496 e. The molecule has 2 aromatic rings. The van der Waals surface area contributed by atoms with Crippen LogP contribution in [0.4, 0.5) is 0 Å². The maximum absolute atomic E-state index is 12.1. The second kappa shape index (κ2) is 7.63. The van der Waals surface area contributed by atoms with Crippen molar-refractivity contribution in [2.45, 2.75) is 0 Å². The standard InChI is InChI=1S/C15H11BrCl2N2O2/c1-22-14-5-3-10(16)7-11(14)15(21)20-19-8-9-2-4-12(17)13(18)6-9/h2-8H,1H3,(H,20,21)/b19-8-. The van der Waals surface area contributed by atoms with Gasteiger partial charge in [-0.25, -0.2) is 5.43 Å². The monoisotopic (exact) mass is 400 g/mol. The van der Waals surface area contributed by atoms with E-state index in [0.29, 0.717) is 21.4 Å². The van der Waals surface area contributed by atoms with Crippen LogP contribution in [0.5, 0.6) is 5.75 Å². The molecule has 1 N–H and O–H groups in total. The molecule has 4 nitrogen and oxygen atoms in total. The van der Waals surface area contributed by atoms with Gasteiger partial charge in [0.2, 0.25) is 0 Å². The fourth-order valence-electron chi connectivity index (χ4n) is 1.68. The van der Waals surface area contributed by atoms with Crippen molar-refractivity contribution >= 4 is 51.3 Å². The van der Waals surface area contributed by atoms with Gasteiger partial charge in [-0.05, 0) is 35.9 Å². The topological polar surface area (TPSA) is 50.7 Å². The van der Waals surface area contributed by atoms with Gasteiger partial charge in [0.05, 0.1) is 28.9 Å². The zero-order chi connectivity index (χ0) is 16.1. The minimum Gasteiger partial charge on any atom is -0.496 e. The first kappa shape index (κ1) is 16.8. The smallest absolute Gasteiger partial charge is 0.275 e. The molecule has 0 saturated heterocycles. The van der Waals surface area contributed by atoms with Crippen LogP contribution >= 0.6 is 39.1 Å². The molecule has 0 heterocycles. The minimum atomic E-state index is -0.380. The molecule has 0 unspecified atom stereocenters. The normalized spacial score (nSPS) is 10.7. The van der Waals surface area contributed by atoms with E-state index in [1.165, 1.54) is 13.3 Å². The summed E-state index contributed by atoms with van der Waals surface area (Å²) in [4.78, 5) is 12.1. The van der Waals surface area contributed by atoms with Crippen molar-refractivity contribution in [2.24, 2.45) is 5.10 Å². The van der Waals surface area contributed by atoms with Gasteiger partial charge >= 0.3 is 0 Å². The molecule has 114 valence electrons. The Hall–Kier alpha value is -1.56. The molecule has 0 saturated carbocycles. The van der Waals surface area contributed by atoms with Gasteiger partial charge in [-0.1, -0.05) is 45.2 Å². The van der Waals surface area contributed by atoms with Crippen molar-refractivity contribution in [3.63, 3.8) is 0 Å². The molecule has 0 fully saturated rings. The second-order valence-corrected chi connectivity index (χ2v) is 5.95. The van der Waals surface area contributed by atoms with Gasteiger partial charge in [0.25, 0.3) is 5.91 Å². The molecule has 0 aromatic heterocycles. The van der Waals surface area contributed by atoms with E-state index in [-0.39, 0.29) is 5.91 Å². The lowest BCUT2D eigenvalue weighted by Gasteiger charge is -2.07. The quantitative estimate of drug-likeness (QED) is 0.604. The van der Waals surface area contributed by atoms with E-state index in [9.17, 15) is 4.79 Å². The fourth-order valence-corrected chi connectivity index (χ4v) is 2.34. The fraction of sp³-hybridized carbons (Fsp3) is 0.0667. The van der Waals surface area contributed by atoms with Crippen molar-refractivity contribution in [3.8, 4) is 5.75 Å². The van der Waals surface area contributed by atoms with E-state index < -0.39 is 0 Å². The second-order valence-electron chi connectivity index (χ2n) is 4.22. The summed E-state index contributed by atoms with van der Waals surface area (Å²) in [5, 5.41) is 4.78. The molecule has 0 radical (unpaired) electrons. The van der Waals surface area contributed by atoms with Gasteiger partial charge in [-0.15, -0.1) is 0 Å². The molecule has 2 aromatic carbocycles. The molecule has 1 amide bonds. The van der Waals surface area contributed by atoms with Crippen LogP contribution in [0.1, 0.15) is 15.9 Å². The Kier molecular flexibility index (Phi) is 5.83. The average Bonchev–Trinajstić information content (AvgIpc) is 2.50. The number of carbonyl (C=O) groups is 1. The zero-order valence-corrected chi connectivity index (χ0v) is 14.5. The molecule has 0 aliphatic carbocycles. The third-order valence-electron chi connectivity index (χ3n) is 2.73. The molecular formula is C15H11BrCl2N2O2. The molecular weight excluding hydrogens is 391 g/mol. The summed E-state index contributed by atoms with van der Waals surface area (Å²) in [6.07, 6.45) is 1.48. The van der Waals surface area contributed by atoms with Crippen molar-refractivity contribution < 1.29 is 9.53 Å². The Morgan fingerprint density at radius 1 is 1.23 bits per heavy atom. The van der Waals surface area contributed by atoms with Crippen LogP contribution in [-0.4, -0.2) is 19.2 Å². The van der Waals surface area contributed by atoms with Crippen LogP contribution in [0.25, 0.3) is 0 Å². The zero-order valence-electron chi connectivity index (χ0n) is 11.4. The highest BCUT2D eigenvalue weighted by molar-refractivity contribution is 9.10. The maximum Gasteiger partial charge on any atom is 0.275 e. The first-order valence-corrected chi connectivity index (χ1v) is 7.68. The van der Waals surface area contributed by atoms with Gasteiger partial charge in [0.1, 0.15) is 5.75 Å². The predicted molar refractivity (Wildman–Crippen MR) is 92.2 cm³/mol. The van der Waals surface area contributed by atoms with Crippen molar-refractivity contribution in [3.05, 3.63) is 62.0 Å². The summed E-state index contributed by atoms with van der Waals surface area (Å²) in [7, 11) is 1.50. The number of nitrogens with one attached hydrogen (secondary N) is 1. The SMILES string of the molecule is COc1ccc(Br)cc1C(=O)N/N=C\c1ccc(Cl)c(Cl)c1. The minimum absolute atomic E-state index is 0.378. The lowest BCUT2D eigenvalue weighted by Crippen LogP contribution is -2.18. The Morgan fingerprint density at radius 2 is 2.00 bits per heavy atom. The summed E-state index contributed by atoms with van der Waals surface area (Å²) in [6.45, 7) is 0. The number of nitrogens with zero attached hydrogens (tertiary/aromatic N) is 1. The van der Waals surface area contributed by atoms with Crippen molar-refractivity contribution in [2.75, 3.05) is 7.11 Å². The van der Waals surface area contributed by atoms with Crippen LogP contribution < -0.4 is 10.2 Å². The first-order chi connectivity index (χ1) is 10.5. The molecule has 0 bridgehead atoms. The molecule has 7 heteroatoms. The van der Waals surface area contributed by atoms with E-state index in [4.69, 9.17) is 27.9 Å². The number of hydrazone groups is 1. The van der Waals surface area contributed by atoms with Gasteiger partial charge in [-0.2, -0.15) is 5.10 Å². The third kappa shape index (κ3) is 4.22. The molecule has 0 spiro atoms. The van der Waals surface area contributed by atoms with Crippen LogP contribution in [0.3, 0.4) is 0 Å². The maximum atomic E-state index is 12.1. The molecule has 0 aliphatic rings. The third-order valence-corrected chi connectivity index (χ3v) is 3.96. The van der Waals surface area contributed by atoms with E-state index in [2.05, 4.69) is 26.5 Å². The summed E-state index contributed by atoms with van der Waals surface area (Å²) >= 11 is 15.0. The van der Waals surface area contributed by atoms with Crippen LogP contribution in [-0.2, 0) is 0 Å². The number of ether oxygens (including phenoxy) is 1. The summed E-state index contributed by atoms with van der Waals surface area (Å²) in [5.74, 6) is 0.0832. The highest BCUT2D eigenvalue weighted by Crippen LogP contribution is 2.23. The number of carbonyl (C=O) groups excluding carboxylic acids is 1. The number of hydrogen-bond acceptors (Lipinski definition) is 3. The Bertz CT molecular complexity index is 735. The summed E-state index contributed by atoms with van der Waals surface area (Å²) in [5.41, 5.74) is 3.53. The van der Waals surface area contributed by atoms with Crippen LogP contribution in [0, 0.1) is 0 Å². The number of rotatable bonds is 4. The lowest BCUT2D eigenvalue weighted by molar-refractivity contribution is 0.0952. The van der Waals surface area contributed by atoms with Gasteiger partial charge in [-0.3, -0.25) is 4.79 Å². The van der Waals surface area contributed by atoms with Gasteiger partial charge in [0.15, 0.2) is 0 Å². The van der Waals surface area contributed by atoms with E-state index in [1.807, 2.05) is 0 Å². The summed E-state index contributed by atoms with van der Waals surface area (Å²) < 4.78 is 5.92. The van der Waals surface area contributed by atoms with Crippen LogP contribution in [0.15, 0.2) is 46.0 Å². The lowest BCUT2D eigenvalue weighted by atomic mass is 10.2. The summed E-state index contributed by atoms with van der Waals surface area (Å²) in [6, 6.07) is 10.2. The van der Waals surface area contributed by atoms with E-state index in [1.54, 1.807) is 36.4 Å². The van der Waals surface area contributed by atoms with E-state index in [0.717, 1.165) is 10.0 Å². The number of hydrogen-bond donors (Lipinski definition) is 1. The molecule has 22 heavy (non-hydrogen) atoms. The molecule has 0 atom stereocenters. The van der Waals surface area contributed by atoms with Crippen molar-refractivity contribution in [1.82, 2.24) is 5.43 Å². The predicted octanol–water partition coefficient (Wildman–Crippen LogP) is 4.53. The Morgan fingerprint density at radius 3 is 2.68 bits per heavy atom. The highest BCUT2D eigenvalue weighted by Gasteiger charge is 2.11. The first-order valence-electron chi connectivity index (χ1n) is 6.13. The Balaban J connectivity index is 2.11. The van der Waals surface area contributed by atoms with Gasteiger partial charge in [0, 0.05) is 4.47 Å². The van der Waals surface area contributed by atoms with Gasteiger partial charge < -0.3 is 4.74 Å². The van der Waals surface area contributed by atoms with Crippen molar-refractivity contribution in [1.29, 1.82) is 0 Å². The Labute approximate surface area is 146 Å². The average molecular weight is 402 g/mol. The number of methoxy groups -OCH3 is 1. The highest BCUT2D eigenvalue weighted by atomic mass is 79.9. The van der Waals surface area contributed by atoms with Crippen LogP contribution in [0.2, 0.25) is 10.0 Å². The molecule has 0 aliphatic heterocycles. The number of halogens is 3. The van der Waals surface area contributed by atoms with E-state index >= 15 is 0 Å². The molecule has 2 rings (SSSR count). The number of benzene rings is 2.